The molecule has 1 aromatic carbocycles. The largest absolute Gasteiger partial charge is 0.497 e. The molecular formula is C12H11ClN2O2. The third-order valence-corrected chi connectivity index (χ3v) is 2.33. The van der Waals surface area contributed by atoms with Gasteiger partial charge in [0.05, 0.1) is 24.0 Å². The molecule has 0 aliphatic rings. The van der Waals surface area contributed by atoms with E-state index in [0.29, 0.717) is 28.0 Å². The molecule has 0 unspecified atom stereocenters. The Hall–Kier alpha value is -1.94. The number of nitrogens with zero attached hydrogens (tertiary/aromatic N) is 1. The smallest absolute Gasteiger partial charge is 0.150 e. The first-order valence-corrected chi connectivity index (χ1v) is 5.29. The van der Waals surface area contributed by atoms with Crippen molar-refractivity contribution in [2.24, 2.45) is 0 Å². The number of methoxy groups -OCH3 is 1. The lowest BCUT2D eigenvalue weighted by Crippen LogP contribution is -1.93. The average molecular weight is 251 g/mol. The normalized spacial score (nSPS) is 10.0. The fraction of sp³-hybridized carbons (Fsp3) is 0.0833. The molecule has 0 aliphatic carbocycles. The van der Waals surface area contributed by atoms with Gasteiger partial charge in [0.15, 0.2) is 5.75 Å². The van der Waals surface area contributed by atoms with Gasteiger partial charge in [0.2, 0.25) is 0 Å². The van der Waals surface area contributed by atoms with Crippen LogP contribution in [0, 0.1) is 0 Å². The minimum absolute atomic E-state index is 0.490. The molecule has 0 bridgehead atoms. The zero-order chi connectivity index (χ0) is 12.3. The molecule has 0 spiro atoms. The van der Waals surface area contributed by atoms with Gasteiger partial charge >= 0.3 is 0 Å². The Morgan fingerprint density at radius 2 is 2.00 bits per heavy atom. The maximum atomic E-state index is 5.82. The van der Waals surface area contributed by atoms with E-state index >= 15 is 0 Å². The standard InChI is InChI=1S/C12H11ClN2O2/c1-16-9-2-3-12(11(14)5-9)17-10-4-8(13)6-15-7-10/h2-7H,14H2,1H3. The van der Waals surface area contributed by atoms with Crippen molar-refractivity contribution in [2.45, 2.75) is 0 Å². The first kappa shape index (κ1) is 11.5. The predicted molar refractivity (Wildman–Crippen MR) is 66.7 cm³/mol. The third-order valence-electron chi connectivity index (χ3n) is 2.12. The van der Waals surface area contributed by atoms with Crippen molar-refractivity contribution >= 4 is 17.3 Å². The van der Waals surface area contributed by atoms with Gasteiger partial charge in [-0.25, -0.2) is 0 Å². The Labute approximate surface area is 104 Å². The maximum absolute atomic E-state index is 5.82. The zero-order valence-corrected chi connectivity index (χ0v) is 9.94. The van der Waals surface area contributed by atoms with Crippen molar-refractivity contribution in [3.05, 3.63) is 41.7 Å². The van der Waals surface area contributed by atoms with Crippen LogP contribution in [0.2, 0.25) is 5.02 Å². The van der Waals surface area contributed by atoms with Gasteiger partial charge in [-0.3, -0.25) is 4.98 Å². The number of halogens is 1. The molecule has 88 valence electrons. The van der Waals surface area contributed by atoms with E-state index in [1.54, 1.807) is 37.6 Å². The lowest BCUT2D eigenvalue weighted by atomic mass is 10.3. The Kier molecular flexibility index (Phi) is 3.35. The van der Waals surface area contributed by atoms with Gasteiger partial charge in [-0.05, 0) is 12.1 Å². The van der Waals surface area contributed by atoms with E-state index in [0.717, 1.165) is 0 Å². The first-order valence-electron chi connectivity index (χ1n) is 4.91. The van der Waals surface area contributed by atoms with Crippen LogP contribution in [0.5, 0.6) is 17.2 Å². The summed E-state index contributed by atoms with van der Waals surface area (Å²) < 4.78 is 10.6. The molecule has 4 nitrogen and oxygen atoms in total. The summed E-state index contributed by atoms with van der Waals surface area (Å²) in [5.41, 5.74) is 6.31. The summed E-state index contributed by atoms with van der Waals surface area (Å²) in [6, 6.07) is 6.85. The molecule has 2 N–H and O–H groups in total. The molecule has 0 atom stereocenters. The number of hydrogen-bond donors (Lipinski definition) is 1. The summed E-state index contributed by atoms with van der Waals surface area (Å²) in [7, 11) is 1.58. The quantitative estimate of drug-likeness (QED) is 0.851. The number of nitrogens with two attached hydrogens (primary N) is 1. The molecule has 2 aromatic rings. The lowest BCUT2D eigenvalue weighted by Gasteiger charge is -2.09. The summed E-state index contributed by atoms with van der Waals surface area (Å²) in [5, 5.41) is 0.509. The molecule has 2 rings (SSSR count). The van der Waals surface area contributed by atoms with Gasteiger partial charge in [-0.1, -0.05) is 11.6 Å². The van der Waals surface area contributed by atoms with Crippen LogP contribution in [0.4, 0.5) is 5.69 Å². The first-order chi connectivity index (χ1) is 8.19. The molecule has 0 fully saturated rings. The van der Waals surface area contributed by atoms with Crippen LogP contribution < -0.4 is 15.2 Å². The second-order valence-electron chi connectivity index (χ2n) is 3.34. The minimum Gasteiger partial charge on any atom is -0.497 e. The predicted octanol–water partition coefficient (Wildman–Crippen LogP) is 3.12. The van der Waals surface area contributed by atoms with E-state index in [9.17, 15) is 0 Å². The number of pyridine rings is 1. The highest BCUT2D eigenvalue weighted by Gasteiger charge is 2.04. The molecule has 0 amide bonds. The fourth-order valence-corrected chi connectivity index (χ4v) is 1.49. The average Bonchev–Trinajstić information content (AvgIpc) is 2.32. The highest BCUT2D eigenvalue weighted by Crippen LogP contribution is 2.30. The number of anilines is 1. The van der Waals surface area contributed by atoms with E-state index < -0.39 is 0 Å². The third kappa shape index (κ3) is 2.79. The molecule has 17 heavy (non-hydrogen) atoms. The van der Waals surface area contributed by atoms with Crippen LogP contribution in [-0.2, 0) is 0 Å². The van der Waals surface area contributed by atoms with E-state index in [2.05, 4.69) is 4.98 Å². The monoisotopic (exact) mass is 250 g/mol. The molecule has 0 radical (unpaired) electrons. The number of benzene rings is 1. The highest BCUT2D eigenvalue weighted by atomic mass is 35.5. The van der Waals surface area contributed by atoms with E-state index in [-0.39, 0.29) is 0 Å². The van der Waals surface area contributed by atoms with Crippen LogP contribution in [-0.4, -0.2) is 12.1 Å². The second-order valence-corrected chi connectivity index (χ2v) is 3.78. The van der Waals surface area contributed by atoms with Crippen LogP contribution in [0.15, 0.2) is 36.7 Å². The Morgan fingerprint density at radius 3 is 2.65 bits per heavy atom. The van der Waals surface area contributed by atoms with Crippen LogP contribution in [0.1, 0.15) is 0 Å². The molecule has 0 saturated heterocycles. The summed E-state index contributed by atoms with van der Waals surface area (Å²) in [5.74, 6) is 1.75. The topological polar surface area (TPSA) is 57.4 Å². The van der Waals surface area contributed by atoms with Gasteiger partial charge in [-0.2, -0.15) is 0 Å². The molecule has 5 heteroatoms. The van der Waals surface area contributed by atoms with Gasteiger partial charge in [-0.15, -0.1) is 0 Å². The van der Waals surface area contributed by atoms with Crippen molar-refractivity contribution in [3.8, 4) is 17.2 Å². The number of ether oxygens (including phenoxy) is 2. The van der Waals surface area contributed by atoms with Crippen molar-refractivity contribution in [2.75, 3.05) is 12.8 Å². The number of hydrogen-bond acceptors (Lipinski definition) is 4. The van der Waals surface area contributed by atoms with E-state index in [4.69, 9.17) is 26.8 Å². The molecule has 1 heterocycles. The lowest BCUT2D eigenvalue weighted by molar-refractivity contribution is 0.413. The Morgan fingerprint density at radius 1 is 1.18 bits per heavy atom. The second kappa shape index (κ2) is 4.93. The highest BCUT2D eigenvalue weighted by molar-refractivity contribution is 6.30. The van der Waals surface area contributed by atoms with Crippen molar-refractivity contribution in [1.29, 1.82) is 0 Å². The van der Waals surface area contributed by atoms with Crippen molar-refractivity contribution in [3.63, 3.8) is 0 Å². The van der Waals surface area contributed by atoms with Gasteiger partial charge < -0.3 is 15.2 Å². The number of nitrogen functional groups attached to an aromatic ring is 1. The van der Waals surface area contributed by atoms with Crippen LogP contribution in [0.25, 0.3) is 0 Å². The van der Waals surface area contributed by atoms with Crippen molar-refractivity contribution < 1.29 is 9.47 Å². The van der Waals surface area contributed by atoms with Gasteiger partial charge in [0.25, 0.3) is 0 Å². The molecular weight excluding hydrogens is 240 g/mol. The van der Waals surface area contributed by atoms with E-state index in [1.165, 1.54) is 6.20 Å². The molecule has 1 aromatic heterocycles. The summed E-state index contributed by atoms with van der Waals surface area (Å²) in [6.45, 7) is 0. The SMILES string of the molecule is COc1ccc(Oc2cncc(Cl)c2)c(N)c1. The van der Waals surface area contributed by atoms with E-state index in [1.807, 2.05) is 0 Å². The number of aromatic nitrogens is 1. The van der Waals surface area contributed by atoms with Gasteiger partial charge in [0, 0.05) is 18.3 Å². The Bertz CT molecular complexity index is 532. The molecule has 0 aliphatic heterocycles. The van der Waals surface area contributed by atoms with Crippen LogP contribution in [0.3, 0.4) is 0 Å². The zero-order valence-electron chi connectivity index (χ0n) is 9.18. The summed E-state index contributed by atoms with van der Waals surface area (Å²) in [6.07, 6.45) is 3.10. The maximum Gasteiger partial charge on any atom is 0.150 e. The fourth-order valence-electron chi connectivity index (χ4n) is 1.32. The number of rotatable bonds is 3. The Balaban J connectivity index is 2.24. The van der Waals surface area contributed by atoms with Gasteiger partial charge in [0.1, 0.15) is 11.5 Å². The summed E-state index contributed by atoms with van der Waals surface area (Å²) >= 11 is 5.80. The van der Waals surface area contributed by atoms with Crippen molar-refractivity contribution in [1.82, 2.24) is 4.98 Å². The minimum atomic E-state index is 0.490. The van der Waals surface area contributed by atoms with Crippen LogP contribution >= 0.6 is 11.6 Å². The summed E-state index contributed by atoms with van der Waals surface area (Å²) in [4.78, 5) is 3.92. The molecule has 0 saturated carbocycles.